The van der Waals surface area contributed by atoms with Crippen LogP contribution in [-0.2, 0) is 102 Å². The number of amides is 7. The number of hydrogen-bond acceptors (Lipinski definition) is 20. The Hall–Kier alpha value is -8.57. The zero-order valence-corrected chi connectivity index (χ0v) is 88.0. The molecule has 788 valence electrons. The summed E-state index contributed by atoms with van der Waals surface area (Å²) in [6.45, 7) is 56.6. The van der Waals surface area contributed by atoms with E-state index < -0.39 is 74.4 Å². The minimum atomic E-state index is -2.22. The van der Waals surface area contributed by atoms with Gasteiger partial charge in [-0.25, -0.2) is 28.5 Å². The summed E-state index contributed by atoms with van der Waals surface area (Å²) < 4.78 is 103. The second-order valence-corrected chi connectivity index (χ2v) is 49.4. The molecule has 7 aliphatic heterocycles. The van der Waals surface area contributed by atoms with Crippen molar-refractivity contribution in [2.45, 2.75) is 349 Å². The van der Waals surface area contributed by atoms with E-state index in [-0.39, 0.29) is 212 Å². The van der Waals surface area contributed by atoms with Gasteiger partial charge in [-0.1, -0.05) is 159 Å². The number of fused-ring (bicyclic) bond motifs is 6. The van der Waals surface area contributed by atoms with Gasteiger partial charge in [-0.3, -0.25) is 62.3 Å². The Morgan fingerprint density at radius 1 is 0.397 bits per heavy atom. The number of carbonyl (C=O) groups excluding carboxylic acids is 13. The minimum Gasteiger partial charge on any atom is -0.469 e. The van der Waals surface area contributed by atoms with Crippen LogP contribution in [0.2, 0.25) is 0 Å². The van der Waals surface area contributed by atoms with Gasteiger partial charge >= 0.3 is 35.8 Å². The number of rotatable bonds is 29. The van der Waals surface area contributed by atoms with Crippen molar-refractivity contribution in [3.05, 3.63) is 46.1 Å². The van der Waals surface area contributed by atoms with E-state index >= 15 is 0 Å². The van der Waals surface area contributed by atoms with Crippen LogP contribution >= 0.6 is 0 Å². The summed E-state index contributed by atoms with van der Waals surface area (Å²) in [4.78, 5) is 161. The number of ether oxygens (including phenoxy) is 7. The number of nitrogens with one attached hydrogen (secondary N) is 7. The zero-order valence-electron chi connectivity index (χ0n) is 88.0. The molecular weight excluding hydrogens is 1820 g/mol. The first-order chi connectivity index (χ1) is 65.7. The van der Waals surface area contributed by atoms with Crippen molar-refractivity contribution in [1.29, 1.82) is 0 Å². The van der Waals surface area contributed by atoms with E-state index in [1.807, 2.05) is 111 Å². The topological polar surface area (TPSA) is 375 Å². The standard InChI is InChI=1S/C17H25NO5.C17H29NO.C16H22N2O3.C16H27NO3.C15H23NO3.C14H21NO4.C13H14F5NO/c1-5-17(2,3)16(21)18-7-10-8-6-9-11(10)15(20)23-13(9)12(8)14(19)22-4;1-4-16(2,3)15(19)18-11-17-8-12-5-13(9-17)7-14(6-12)10-17;1-5-16(2,3)15(20)18-7-10-8-6-9-11(10)14(19)21-13(9)12(8)17-4;1-7-13(2,3)11(18)17-10-16-9-8-15(6,12(19)20-16)14(16,4)5;1-4-15(2,3)14(18)16-7-10-8-5-9-11(6-8)19-13(17)12(9)10;1-4-14(2,3)13(17)15-6-7-8-5-9-11(18-8)10(7)12(16)19-9;1-4-13(2,3)12(20)19-5-6-7(14)9(16)11(18)10(17)8(6)15/h8-13H,5-7H2,1-4H3,(H,18,21);12-14H,4-11H2,1-3H3,(H,18,19);8-13H,5-7H2,1-3H3,(H,18,20);7-10H2,1-6H3,(H,17,18);8-12H,4-7H2,1-3H3,(H,16,18);7-11H,4-6H2,1-3H3,(H,15,17);4-5H2,1-3H3,(H,19,20). The Morgan fingerprint density at radius 3 is 1.21 bits per heavy atom. The van der Waals surface area contributed by atoms with Gasteiger partial charge in [-0.2, -0.15) is 0 Å². The Bertz CT molecular complexity index is 4820. The summed E-state index contributed by atoms with van der Waals surface area (Å²) in [6.07, 6.45) is 19.7. The third-order valence-electron chi connectivity index (χ3n) is 38.6. The first-order valence-electron chi connectivity index (χ1n) is 52.3. The summed E-state index contributed by atoms with van der Waals surface area (Å²) in [5.74, 6) is -7.14. The number of benzene rings is 1. The second-order valence-electron chi connectivity index (χ2n) is 49.4. The SMILES string of the molecule is CCC(C)(C)C(=O)NCC12CC3CC(CC(C3)C1)C2.CCC(C)(C)C(=O)NCC12CCC(C)(C(=O)O1)C2(C)C.CCC(C)(C)C(=O)NCC1C2CC3C(OC(=O)C13)C2C(=O)OC.CCC(C)(C)C(=O)NCC1C2CC3OC(=O)C1C3C2.CCC(C)(C)C(=O)NCC1C2CC3OC(=O)C1C3O2.CCC(C)(C)C(=O)NCc1c(F)c(F)c(F)c(F)c1F.[C-]#[N+]C1C2CC3C1OC(=O)C3C2CNC(=O)C(C)(C)CC. The molecule has 0 aromatic heterocycles. The largest absolute Gasteiger partial charge is 0.469 e. The van der Waals surface area contributed by atoms with Gasteiger partial charge in [0.15, 0.2) is 29.4 Å². The fourth-order valence-corrected chi connectivity index (χ4v) is 26.0. The molecule has 1 aromatic carbocycles. The van der Waals surface area contributed by atoms with Gasteiger partial charge in [-0.05, 0) is 176 Å². The van der Waals surface area contributed by atoms with Crippen molar-refractivity contribution in [2.75, 3.05) is 46.4 Å². The lowest BCUT2D eigenvalue weighted by Gasteiger charge is -2.57. The van der Waals surface area contributed by atoms with Crippen LogP contribution in [0.25, 0.3) is 4.85 Å². The zero-order chi connectivity index (χ0) is 105. The molecule has 11 aliphatic carbocycles. The van der Waals surface area contributed by atoms with Crippen LogP contribution in [0.3, 0.4) is 0 Å². The van der Waals surface area contributed by atoms with E-state index in [0.29, 0.717) is 62.3 Å². The van der Waals surface area contributed by atoms with Crippen LogP contribution in [0.1, 0.15) is 300 Å². The molecule has 14 bridgehead atoms. The van der Waals surface area contributed by atoms with Crippen LogP contribution in [0.4, 0.5) is 22.0 Å². The number of hydrogen-bond donors (Lipinski definition) is 7. The normalized spacial score (nSPS) is 34.8. The molecule has 24 atom stereocenters. The maximum Gasteiger partial charge on any atom is 0.313 e. The monoisotopic (exact) mass is 1990 g/mol. The quantitative estimate of drug-likeness (QED) is 0.00978. The van der Waals surface area contributed by atoms with E-state index in [1.165, 1.54) is 45.6 Å². The molecule has 7 heterocycles. The van der Waals surface area contributed by atoms with E-state index in [9.17, 15) is 84.3 Å². The van der Waals surface area contributed by atoms with Gasteiger partial charge in [0.25, 0.3) is 6.04 Å². The molecule has 0 spiro atoms. The molecule has 19 rings (SSSR count). The Labute approximate surface area is 830 Å². The fourth-order valence-electron chi connectivity index (χ4n) is 26.0. The first kappa shape index (κ1) is 111. The van der Waals surface area contributed by atoms with Crippen LogP contribution in [-0.4, -0.2) is 172 Å². The molecule has 28 nitrogen and oxygen atoms in total. The molecule has 11 saturated carbocycles. The van der Waals surface area contributed by atoms with Gasteiger partial charge in [0.1, 0.15) is 30.0 Å². The van der Waals surface area contributed by atoms with E-state index in [0.717, 1.165) is 108 Å². The summed E-state index contributed by atoms with van der Waals surface area (Å²) in [6, 6.07) is -0.209. The number of halogens is 5. The van der Waals surface area contributed by atoms with E-state index in [2.05, 4.69) is 76.7 Å². The third kappa shape index (κ3) is 21.2. The minimum absolute atomic E-state index is 0.0136. The third-order valence-corrected chi connectivity index (χ3v) is 38.6. The lowest BCUT2D eigenvalue weighted by molar-refractivity contribution is -0.161. The molecule has 18 fully saturated rings. The molecule has 7 amide bonds. The first-order valence-corrected chi connectivity index (χ1v) is 52.3. The summed E-state index contributed by atoms with van der Waals surface area (Å²) >= 11 is 0. The summed E-state index contributed by atoms with van der Waals surface area (Å²) in [5.41, 5.74) is -4.70. The smallest absolute Gasteiger partial charge is 0.313 e. The lowest BCUT2D eigenvalue weighted by Crippen LogP contribution is -2.52. The average molecular weight is 1990 g/mol. The van der Waals surface area contributed by atoms with Crippen LogP contribution in [0, 0.1) is 196 Å². The highest BCUT2D eigenvalue weighted by Crippen LogP contribution is 2.67. The van der Waals surface area contributed by atoms with Gasteiger partial charge in [0, 0.05) is 130 Å². The Balaban J connectivity index is 0.000000147. The van der Waals surface area contributed by atoms with E-state index in [1.54, 1.807) is 20.8 Å². The number of methoxy groups -OCH3 is 1. The molecule has 0 radical (unpaired) electrons. The van der Waals surface area contributed by atoms with Crippen LogP contribution < -0.4 is 37.2 Å². The molecule has 33 heteroatoms. The molecule has 24 unspecified atom stereocenters. The van der Waals surface area contributed by atoms with Crippen molar-refractivity contribution >= 4 is 77.2 Å². The van der Waals surface area contributed by atoms with Crippen molar-refractivity contribution in [3.8, 4) is 0 Å². The second kappa shape index (κ2) is 41.7. The molecular formula is C108H161F5N8O20. The van der Waals surface area contributed by atoms with Gasteiger partial charge in [-0.15, -0.1) is 0 Å². The number of carbonyl (C=O) groups is 13. The van der Waals surface area contributed by atoms with Gasteiger partial charge < -0.3 is 75.2 Å². The van der Waals surface area contributed by atoms with Gasteiger partial charge in [0.2, 0.25) is 47.2 Å². The van der Waals surface area contributed by atoms with Crippen molar-refractivity contribution < 1.29 is 117 Å². The molecule has 1 aromatic rings. The van der Waals surface area contributed by atoms with Crippen molar-refractivity contribution in [2.24, 2.45) is 161 Å². The number of esters is 6. The predicted octanol–water partition coefficient (Wildman–Crippen LogP) is 15.2. The van der Waals surface area contributed by atoms with Crippen molar-refractivity contribution in [1.82, 2.24) is 37.2 Å². The highest BCUT2D eigenvalue weighted by molar-refractivity contribution is 5.88. The number of nitrogens with zero attached hydrogens (tertiary/aromatic N) is 1. The van der Waals surface area contributed by atoms with E-state index in [4.69, 9.17) is 39.7 Å². The Kier molecular flexibility index (Phi) is 32.9. The lowest BCUT2D eigenvalue weighted by atomic mass is 9.49. The van der Waals surface area contributed by atoms with Gasteiger partial charge in [0.05, 0.1) is 54.8 Å². The predicted molar refractivity (Wildman–Crippen MR) is 511 cm³/mol. The Morgan fingerprint density at radius 2 is 0.773 bits per heavy atom. The molecule has 18 aliphatic rings. The summed E-state index contributed by atoms with van der Waals surface area (Å²) in [7, 11) is 1.36. The highest BCUT2D eigenvalue weighted by atomic mass is 19.2. The maximum atomic E-state index is 13.4. The highest BCUT2D eigenvalue weighted by Gasteiger charge is 2.74. The van der Waals surface area contributed by atoms with Crippen LogP contribution in [0.5, 0.6) is 0 Å². The van der Waals surface area contributed by atoms with Crippen LogP contribution in [0.15, 0.2) is 0 Å². The molecule has 7 saturated heterocycles. The average Bonchev–Trinajstić information content (AvgIpc) is 1.53. The molecule has 7 N–H and O–H groups in total. The maximum absolute atomic E-state index is 13.4. The molecule has 141 heavy (non-hydrogen) atoms. The fraction of sp³-hybridized carbons (Fsp3) is 0.815. The van der Waals surface area contributed by atoms with Crippen molar-refractivity contribution in [3.63, 3.8) is 0 Å². The summed E-state index contributed by atoms with van der Waals surface area (Å²) in [5, 5.41) is 20.5.